The molecule has 1 atom stereocenters. The summed E-state index contributed by atoms with van der Waals surface area (Å²) in [4.78, 5) is 41.9. The van der Waals surface area contributed by atoms with Crippen molar-refractivity contribution < 1.29 is 14.4 Å². The second-order valence-corrected chi connectivity index (χ2v) is 6.50. The molecule has 26 heavy (non-hydrogen) atoms. The number of amides is 4. The number of urea groups is 1. The van der Waals surface area contributed by atoms with Gasteiger partial charge in [-0.2, -0.15) is 0 Å². The number of rotatable bonds is 3. The van der Waals surface area contributed by atoms with Gasteiger partial charge in [-0.25, -0.2) is 9.69 Å². The summed E-state index contributed by atoms with van der Waals surface area (Å²) in [5.41, 5.74) is 1.70. The number of halogens is 2. The minimum Gasteiger partial charge on any atom is -0.276 e. The van der Waals surface area contributed by atoms with Gasteiger partial charge < -0.3 is 0 Å². The van der Waals surface area contributed by atoms with E-state index in [9.17, 15) is 14.4 Å². The number of nitrogens with one attached hydrogen (secondary N) is 1. The van der Waals surface area contributed by atoms with Gasteiger partial charge in [0.05, 0.1) is 16.4 Å². The molecule has 1 aliphatic heterocycles. The Morgan fingerprint density at radius 1 is 1.08 bits per heavy atom. The van der Waals surface area contributed by atoms with Gasteiger partial charge in [-0.05, 0) is 37.3 Å². The number of carbonyl (C=O) groups excluding carboxylic acids is 3. The lowest BCUT2D eigenvalue weighted by Crippen LogP contribution is -2.58. The van der Waals surface area contributed by atoms with Crippen LogP contribution in [0.15, 0.2) is 47.5 Å². The van der Waals surface area contributed by atoms with Crippen LogP contribution in [0.3, 0.4) is 0 Å². The molecule has 0 spiro atoms. The van der Waals surface area contributed by atoms with Crippen molar-refractivity contribution in [2.24, 2.45) is 10.9 Å². The number of anilines is 1. The summed E-state index contributed by atoms with van der Waals surface area (Å²) in [6.07, 6.45) is 1.17. The summed E-state index contributed by atoms with van der Waals surface area (Å²) < 4.78 is 0. The molecule has 1 heterocycles. The molecule has 1 fully saturated rings. The van der Waals surface area contributed by atoms with E-state index in [-0.39, 0.29) is 5.02 Å². The Hall–Kier alpha value is -2.70. The van der Waals surface area contributed by atoms with Gasteiger partial charge >= 0.3 is 6.03 Å². The highest BCUT2D eigenvalue weighted by Gasteiger charge is 2.40. The summed E-state index contributed by atoms with van der Waals surface area (Å²) in [5, 5.41) is 2.89. The van der Waals surface area contributed by atoms with Crippen LogP contribution in [0.2, 0.25) is 10.0 Å². The van der Waals surface area contributed by atoms with E-state index in [4.69, 9.17) is 23.2 Å². The van der Waals surface area contributed by atoms with Crippen LogP contribution in [-0.2, 0) is 9.59 Å². The van der Waals surface area contributed by atoms with E-state index in [1.807, 2.05) is 6.92 Å². The first-order valence-corrected chi connectivity index (χ1v) is 8.37. The molecule has 1 saturated heterocycles. The number of hydrogen-bond donors (Lipinski definition) is 1. The first kappa shape index (κ1) is 18.1. The molecule has 0 aliphatic carbocycles. The molecule has 1 N–H and O–H groups in total. The van der Waals surface area contributed by atoms with Crippen molar-refractivity contribution in [1.82, 2.24) is 5.32 Å². The first-order chi connectivity index (χ1) is 12.4. The molecule has 0 aromatic heterocycles. The van der Waals surface area contributed by atoms with Crippen molar-refractivity contribution in [2.45, 2.75) is 6.92 Å². The molecule has 3 rings (SSSR count). The molecule has 4 amide bonds. The topological polar surface area (TPSA) is 78.8 Å². The highest BCUT2D eigenvalue weighted by atomic mass is 35.5. The predicted octanol–water partition coefficient (Wildman–Crippen LogP) is 3.90. The van der Waals surface area contributed by atoms with Crippen molar-refractivity contribution in [3.63, 3.8) is 0 Å². The summed E-state index contributed by atoms with van der Waals surface area (Å²) in [7, 11) is 0. The number of benzene rings is 2. The summed E-state index contributed by atoms with van der Waals surface area (Å²) in [6, 6.07) is 10.7. The third-order valence-corrected chi connectivity index (χ3v) is 4.30. The van der Waals surface area contributed by atoms with Crippen LogP contribution in [0.5, 0.6) is 0 Å². The number of aryl methyl sites for hydroxylation is 1. The zero-order valence-electron chi connectivity index (χ0n) is 13.6. The van der Waals surface area contributed by atoms with E-state index in [0.717, 1.165) is 10.5 Å². The smallest absolute Gasteiger partial charge is 0.276 e. The standard InChI is InChI=1S/C18H13Cl2N3O3/c1-10-2-5-12(6-3-10)23-17(25)13(16(24)22-18(23)26)9-21-15-7-4-11(19)8-14(15)20/h2-9,13H,1H3,(H,22,24,26)/t13-/m1/s1. The monoisotopic (exact) mass is 389 g/mol. The van der Waals surface area contributed by atoms with E-state index < -0.39 is 23.8 Å². The molecule has 132 valence electrons. The lowest BCUT2D eigenvalue weighted by molar-refractivity contribution is -0.131. The van der Waals surface area contributed by atoms with Crippen molar-refractivity contribution in [2.75, 3.05) is 4.90 Å². The normalized spacial score (nSPS) is 17.7. The zero-order chi connectivity index (χ0) is 18.8. The lowest BCUT2D eigenvalue weighted by atomic mass is 10.1. The van der Waals surface area contributed by atoms with Crippen molar-refractivity contribution in [3.05, 3.63) is 58.1 Å². The Bertz CT molecular complexity index is 926. The SMILES string of the molecule is Cc1ccc(N2C(=O)NC(=O)[C@@H](C=Nc3ccc(Cl)cc3Cl)C2=O)cc1. The van der Waals surface area contributed by atoms with Crippen molar-refractivity contribution >= 4 is 58.6 Å². The van der Waals surface area contributed by atoms with Gasteiger partial charge in [0, 0.05) is 11.2 Å². The molecule has 0 bridgehead atoms. The number of hydrogen-bond acceptors (Lipinski definition) is 4. The van der Waals surface area contributed by atoms with E-state index in [2.05, 4.69) is 10.3 Å². The number of barbiturate groups is 1. The highest BCUT2D eigenvalue weighted by Crippen LogP contribution is 2.28. The van der Waals surface area contributed by atoms with Crippen LogP contribution in [0.1, 0.15) is 5.56 Å². The van der Waals surface area contributed by atoms with Crippen LogP contribution in [0.25, 0.3) is 0 Å². The minimum absolute atomic E-state index is 0.281. The van der Waals surface area contributed by atoms with Crippen LogP contribution >= 0.6 is 23.2 Å². The number of aliphatic imine (C=N–C) groups is 1. The second-order valence-electron chi connectivity index (χ2n) is 5.66. The molecular weight excluding hydrogens is 377 g/mol. The van der Waals surface area contributed by atoms with Crippen LogP contribution < -0.4 is 10.2 Å². The maximum atomic E-state index is 12.7. The Labute approximate surface area is 159 Å². The van der Waals surface area contributed by atoms with E-state index in [1.165, 1.54) is 12.3 Å². The fourth-order valence-electron chi connectivity index (χ4n) is 2.40. The number of carbonyl (C=O) groups is 3. The minimum atomic E-state index is -1.25. The fraction of sp³-hybridized carbons (Fsp3) is 0.111. The van der Waals surface area contributed by atoms with Gasteiger partial charge in [-0.3, -0.25) is 19.9 Å². The zero-order valence-corrected chi connectivity index (χ0v) is 15.1. The molecule has 2 aromatic rings. The molecule has 0 unspecified atom stereocenters. The first-order valence-electron chi connectivity index (χ1n) is 7.61. The Morgan fingerprint density at radius 3 is 2.42 bits per heavy atom. The van der Waals surface area contributed by atoms with Gasteiger partial charge in [0.2, 0.25) is 5.91 Å². The third kappa shape index (κ3) is 3.61. The average molecular weight is 390 g/mol. The molecule has 6 nitrogen and oxygen atoms in total. The van der Waals surface area contributed by atoms with Gasteiger partial charge in [0.25, 0.3) is 5.91 Å². The molecule has 2 aromatic carbocycles. The molecule has 0 saturated carbocycles. The summed E-state index contributed by atoms with van der Waals surface area (Å²) >= 11 is 11.9. The predicted molar refractivity (Wildman–Crippen MR) is 100 cm³/mol. The van der Waals surface area contributed by atoms with Crippen LogP contribution in [0.4, 0.5) is 16.2 Å². The Balaban J connectivity index is 1.90. The van der Waals surface area contributed by atoms with Crippen LogP contribution in [0, 0.1) is 12.8 Å². The van der Waals surface area contributed by atoms with Crippen LogP contribution in [-0.4, -0.2) is 24.1 Å². The summed E-state index contributed by atoms with van der Waals surface area (Å²) in [6.45, 7) is 1.89. The third-order valence-electron chi connectivity index (χ3n) is 3.77. The summed E-state index contributed by atoms with van der Waals surface area (Å²) in [5.74, 6) is -2.67. The average Bonchev–Trinajstić information content (AvgIpc) is 2.57. The largest absolute Gasteiger partial charge is 0.335 e. The molecular formula is C18H13Cl2N3O3. The van der Waals surface area contributed by atoms with E-state index >= 15 is 0 Å². The van der Waals surface area contributed by atoms with E-state index in [0.29, 0.717) is 16.4 Å². The Kier molecular flexibility index (Phi) is 5.06. The van der Waals surface area contributed by atoms with Gasteiger partial charge in [-0.1, -0.05) is 40.9 Å². The van der Waals surface area contributed by atoms with Crippen molar-refractivity contribution in [1.29, 1.82) is 0 Å². The fourth-order valence-corrected chi connectivity index (χ4v) is 2.86. The molecule has 8 heteroatoms. The van der Waals surface area contributed by atoms with Gasteiger partial charge in [0.15, 0.2) is 5.92 Å². The van der Waals surface area contributed by atoms with Crippen molar-refractivity contribution in [3.8, 4) is 0 Å². The highest BCUT2D eigenvalue weighted by molar-refractivity contribution is 6.36. The molecule has 0 radical (unpaired) electrons. The number of imide groups is 2. The van der Waals surface area contributed by atoms with E-state index in [1.54, 1.807) is 36.4 Å². The lowest BCUT2D eigenvalue weighted by Gasteiger charge is -2.28. The maximum Gasteiger partial charge on any atom is 0.335 e. The molecule has 1 aliphatic rings. The maximum absolute atomic E-state index is 12.7. The van der Waals surface area contributed by atoms with Gasteiger partial charge in [-0.15, -0.1) is 0 Å². The second kappa shape index (κ2) is 7.27. The number of nitrogens with zero attached hydrogens (tertiary/aromatic N) is 2. The van der Waals surface area contributed by atoms with Gasteiger partial charge in [0.1, 0.15) is 0 Å². The Morgan fingerprint density at radius 2 is 1.77 bits per heavy atom. The quantitative estimate of drug-likeness (QED) is 0.638.